The Morgan fingerprint density at radius 2 is 2.09 bits per heavy atom. The van der Waals surface area contributed by atoms with Crippen LogP contribution >= 0.6 is 31.9 Å². The van der Waals surface area contributed by atoms with Gasteiger partial charge < -0.3 is 15.0 Å². The molecule has 0 aliphatic carbocycles. The number of amides is 1. The van der Waals surface area contributed by atoms with E-state index in [-0.39, 0.29) is 6.09 Å². The molecule has 5 nitrogen and oxygen atoms in total. The minimum atomic E-state index is -0.455. The van der Waals surface area contributed by atoms with Crippen molar-refractivity contribution in [1.29, 1.82) is 0 Å². The van der Waals surface area contributed by atoms with E-state index in [9.17, 15) is 4.79 Å². The predicted molar refractivity (Wildman–Crippen MR) is 94.8 cm³/mol. The molecular weight excluding hydrogens is 414 g/mol. The molecule has 0 aliphatic heterocycles. The Morgan fingerprint density at radius 3 is 2.68 bits per heavy atom. The van der Waals surface area contributed by atoms with Crippen molar-refractivity contribution in [2.24, 2.45) is 0 Å². The largest absolute Gasteiger partial charge is 0.444 e. The lowest BCUT2D eigenvalue weighted by Gasteiger charge is -2.24. The number of carbonyl (C=O) groups excluding carboxylic acids is 1. The first-order chi connectivity index (χ1) is 10.2. The molecule has 1 heterocycles. The number of nitrogens with zero attached hydrogens (tertiary/aromatic N) is 2. The Kier molecular flexibility index (Phi) is 7.79. The van der Waals surface area contributed by atoms with Crippen molar-refractivity contribution >= 4 is 38.0 Å². The number of pyridine rings is 1. The second-order valence-corrected chi connectivity index (χ2v) is 7.78. The van der Waals surface area contributed by atoms with E-state index in [1.807, 2.05) is 26.8 Å². The highest BCUT2D eigenvalue weighted by Crippen LogP contribution is 2.19. The molecule has 0 saturated carbocycles. The van der Waals surface area contributed by atoms with Gasteiger partial charge in [-0.05, 0) is 71.7 Å². The van der Waals surface area contributed by atoms with Crippen molar-refractivity contribution in [2.45, 2.75) is 39.3 Å². The zero-order chi connectivity index (χ0) is 16.8. The standard InChI is InChI=1S/C15H23Br2N3O2/c1-15(2,3)22-14(21)20(4)7-5-6-18-10-13-12(17)8-11(16)9-19-13/h8-9,18H,5-7,10H2,1-4H3. The predicted octanol–water partition coefficient (Wildman–Crippen LogP) is 3.95. The van der Waals surface area contributed by atoms with Crippen molar-refractivity contribution < 1.29 is 9.53 Å². The van der Waals surface area contributed by atoms with E-state index in [1.165, 1.54) is 0 Å². The van der Waals surface area contributed by atoms with E-state index < -0.39 is 5.60 Å². The third-order valence-corrected chi connectivity index (χ3v) is 3.85. The topological polar surface area (TPSA) is 54.5 Å². The lowest BCUT2D eigenvalue weighted by molar-refractivity contribution is 0.0297. The first-order valence-electron chi connectivity index (χ1n) is 7.14. The fraction of sp³-hybridized carbons (Fsp3) is 0.600. The zero-order valence-electron chi connectivity index (χ0n) is 13.4. The zero-order valence-corrected chi connectivity index (χ0v) is 16.6. The minimum Gasteiger partial charge on any atom is -0.444 e. The number of halogens is 2. The van der Waals surface area contributed by atoms with Crippen LogP contribution in [0.5, 0.6) is 0 Å². The molecule has 1 aromatic heterocycles. The van der Waals surface area contributed by atoms with E-state index in [1.54, 1.807) is 18.1 Å². The molecule has 7 heteroatoms. The molecule has 0 radical (unpaired) electrons. The van der Waals surface area contributed by atoms with Gasteiger partial charge in [0, 0.05) is 35.3 Å². The molecule has 1 rings (SSSR count). The van der Waals surface area contributed by atoms with Crippen LogP contribution in [0.3, 0.4) is 0 Å². The van der Waals surface area contributed by atoms with Gasteiger partial charge >= 0.3 is 6.09 Å². The van der Waals surface area contributed by atoms with Crippen molar-refractivity contribution in [3.63, 3.8) is 0 Å². The van der Waals surface area contributed by atoms with Gasteiger partial charge in [0.2, 0.25) is 0 Å². The Hall–Kier alpha value is -0.660. The second-order valence-electron chi connectivity index (χ2n) is 6.01. The molecule has 0 spiro atoms. The molecule has 0 unspecified atom stereocenters. The third kappa shape index (κ3) is 7.56. The summed E-state index contributed by atoms with van der Waals surface area (Å²) in [6.07, 6.45) is 2.34. The fourth-order valence-corrected chi connectivity index (χ4v) is 2.78. The average Bonchev–Trinajstić information content (AvgIpc) is 2.38. The average molecular weight is 437 g/mol. The van der Waals surface area contributed by atoms with Gasteiger partial charge in [0.05, 0.1) is 5.69 Å². The SMILES string of the molecule is CN(CCCNCc1ncc(Br)cc1Br)C(=O)OC(C)(C)C. The molecule has 0 aliphatic rings. The summed E-state index contributed by atoms with van der Waals surface area (Å²) in [4.78, 5) is 17.7. The summed E-state index contributed by atoms with van der Waals surface area (Å²) in [5, 5.41) is 3.32. The Labute approximate surface area is 149 Å². The van der Waals surface area contributed by atoms with Crippen molar-refractivity contribution in [1.82, 2.24) is 15.2 Å². The van der Waals surface area contributed by atoms with E-state index in [0.717, 1.165) is 27.6 Å². The Balaban J connectivity index is 2.24. The van der Waals surface area contributed by atoms with Gasteiger partial charge in [0.1, 0.15) is 5.60 Å². The highest BCUT2D eigenvalue weighted by atomic mass is 79.9. The van der Waals surface area contributed by atoms with Crippen LogP contribution in [0.15, 0.2) is 21.2 Å². The maximum absolute atomic E-state index is 11.8. The van der Waals surface area contributed by atoms with Crippen molar-refractivity contribution in [2.75, 3.05) is 20.1 Å². The van der Waals surface area contributed by atoms with Gasteiger partial charge in [-0.2, -0.15) is 0 Å². The van der Waals surface area contributed by atoms with Gasteiger partial charge in [-0.3, -0.25) is 4.98 Å². The van der Waals surface area contributed by atoms with Crippen molar-refractivity contribution in [3.8, 4) is 0 Å². The highest BCUT2D eigenvalue weighted by molar-refractivity contribution is 9.11. The molecule has 0 aromatic carbocycles. The number of aromatic nitrogens is 1. The smallest absolute Gasteiger partial charge is 0.410 e. The van der Waals surface area contributed by atoms with Gasteiger partial charge in [-0.1, -0.05) is 0 Å². The number of ether oxygens (including phenoxy) is 1. The first kappa shape index (κ1) is 19.4. The number of hydrogen-bond acceptors (Lipinski definition) is 4. The molecule has 0 fully saturated rings. The number of carbonyl (C=O) groups is 1. The second kappa shape index (κ2) is 8.84. The normalized spacial score (nSPS) is 11.4. The quantitative estimate of drug-likeness (QED) is 0.685. The summed E-state index contributed by atoms with van der Waals surface area (Å²) in [7, 11) is 1.75. The van der Waals surface area contributed by atoms with Crippen LogP contribution < -0.4 is 5.32 Å². The maximum atomic E-state index is 11.8. The summed E-state index contributed by atoms with van der Waals surface area (Å²) in [6, 6.07) is 1.97. The molecule has 0 bridgehead atoms. The van der Waals surface area contributed by atoms with Crippen LogP contribution in [0.25, 0.3) is 0 Å². The summed E-state index contributed by atoms with van der Waals surface area (Å²) in [5.74, 6) is 0. The van der Waals surface area contributed by atoms with Crippen LogP contribution in [0, 0.1) is 0 Å². The monoisotopic (exact) mass is 435 g/mol. The maximum Gasteiger partial charge on any atom is 0.410 e. The van der Waals surface area contributed by atoms with E-state index in [0.29, 0.717) is 13.1 Å². The lowest BCUT2D eigenvalue weighted by atomic mass is 10.2. The first-order valence-corrected chi connectivity index (χ1v) is 8.72. The summed E-state index contributed by atoms with van der Waals surface area (Å²) in [6.45, 7) is 7.73. The lowest BCUT2D eigenvalue weighted by Crippen LogP contribution is -2.35. The Morgan fingerprint density at radius 1 is 1.41 bits per heavy atom. The van der Waals surface area contributed by atoms with Crippen LogP contribution in [-0.4, -0.2) is 41.7 Å². The van der Waals surface area contributed by atoms with E-state index in [2.05, 4.69) is 42.2 Å². The Bertz CT molecular complexity index is 504. The van der Waals surface area contributed by atoms with E-state index in [4.69, 9.17) is 4.74 Å². The van der Waals surface area contributed by atoms with Gasteiger partial charge in [-0.15, -0.1) is 0 Å². The summed E-state index contributed by atoms with van der Waals surface area (Å²) in [5.41, 5.74) is 0.507. The molecule has 0 saturated heterocycles. The fourth-order valence-electron chi connectivity index (χ4n) is 1.65. The van der Waals surface area contributed by atoms with Crippen LogP contribution in [0.1, 0.15) is 32.9 Å². The van der Waals surface area contributed by atoms with Gasteiger partial charge in [0.25, 0.3) is 0 Å². The number of nitrogens with one attached hydrogen (secondary N) is 1. The third-order valence-electron chi connectivity index (χ3n) is 2.73. The molecule has 1 N–H and O–H groups in total. The highest BCUT2D eigenvalue weighted by Gasteiger charge is 2.18. The number of rotatable bonds is 6. The van der Waals surface area contributed by atoms with Crippen LogP contribution in [-0.2, 0) is 11.3 Å². The molecule has 124 valence electrons. The molecule has 1 amide bonds. The molecular formula is C15H23Br2N3O2. The molecule has 1 aromatic rings. The van der Waals surface area contributed by atoms with Crippen LogP contribution in [0.2, 0.25) is 0 Å². The van der Waals surface area contributed by atoms with Gasteiger partial charge in [0.15, 0.2) is 0 Å². The summed E-state index contributed by atoms with van der Waals surface area (Å²) >= 11 is 6.86. The van der Waals surface area contributed by atoms with E-state index >= 15 is 0 Å². The van der Waals surface area contributed by atoms with Crippen molar-refractivity contribution in [3.05, 3.63) is 26.9 Å². The summed E-state index contributed by atoms with van der Waals surface area (Å²) < 4.78 is 7.22. The van der Waals surface area contributed by atoms with Crippen LogP contribution in [0.4, 0.5) is 4.79 Å². The molecule has 22 heavy (non-hydrogen) atoms. The molecule has 0 atom stereocenters. The number of hydrogen-bond donors (Lipinski definition) is 1. The van der Waals surface area contributed by atoms with Gasteiger partial charge in [-0.25, -0.2) is 4.79 Å². The minimum absolute atomic E-state index is 0.287.